The molecule has 8 heteroatoms. The second-order valence-electron chi connectivity index (χ2n) is 9.11. The third-order valence-corrected chi connectivity index (χ3v) is 7.04. The normalized spacial score (nSPS) is 24.9. The molecule has 0 unspecified atom stereocenters. The summed E-state index contributed by atoms with van der Waals surface area (Å²) in [5, 5.41) is 8.43. The summed E-state index contributed by atoms with van der Waals surface area (Å²) in [6, 6.07) is 0.133. The van der Waals surface area contributed by atoms with Crippen molar-refractivity contribution in [2.24, 2.45) is 16.6 Å². The minimum absolute atomic E-state index is 0.114. The van der Waals surface area contributed by atoms with E-state index in [1.807, 2.05) is 12.4 Å². The second-order valence-corrected chi connectivity index (χ2v) is 9.11. The molecule has 2 saturated heterocycles. The monoisotopic (exact) mass is 391 g/mol. The minimum atomic E-state index is 0.114. The molecule has 3 aromatic heterocycles. The van der Waals surface area contributed by atoms with E-state index in [4.69, 9.17) is 15.5 Å². The van der Waals surface area contributed by atoms with E-state index in [9.17, 15) is 0 Å². The number of nitrogens with two attached hydrogens (primary N) is 1. The Kier molecular flexibility index (Phi) is 3.53. The van der Waals surface area contributed by atoms with Crippen LogP contribution in [0.1, 0.15) is 38.3 Å². The Balaban J connectivity index is 1.37. The van der Waals surface area contributed by atoms with Crippen molar-refractivity contribution in [3.8, 4) is 11.8 Å². The zero-order valence-electron chi connectivity index (χ0n) is 16.6. The fraction of sp³-hybridized carbons (Fsp3) is 0.571. The third kappa shape index (κ3) is 2.65. The number of hydrogen-bond acceptors (Lipinski definition) is 6. The van der Waals surface area contributed by atoms with Gasteiger partial charge in [-0.25, -0.2) is 4.98 Å². The molecule has 8 nitrogen and oxygen atoms in total. The lowest BCUT2D eigenvalue weighted by Gasteiger charge is -2.41. The lowest BCUT2D eigenvalue weighted by molar-refractivity contribution is 0.131. The van der Waals surface area contributed by atoms with E-state index in [1.165, 1.54) is 12.8 Å². The van der Waals surface area contributed by atoms with Crippen molar-refractivity contribution in [2.75, 3.05) is 31.2 Å². The van der Waals surface area contributed by atoms with Gasteiger partial charge in [-0.05, 0) is 38.5 Å². The fourth-order valence-electron chi connectivity index (χ4n) is 4.60. The van der Waals surface area contributed by atoms with Crippen molar-refractivity contribution < 1.29 is 4.74 Å². The van der Waals surface area contributed by atoms with Crippen LogP contribution in [0.5, 0.6) is 0 Å². The maximum Gasteiger partial charge on any atom is 0.213 e. The Morgan fingerprint density at radius 1 is 1.28 bits per heavy atom. The zero-order valence-corrected chi connectivity index (χ0v) is 16.6. The number of ether oxygens (including phenoxy) is 1. The smallest absolute Gasteiger partial charge is 0.213 e. The topological polar surface area (TPSA) is 97.4 Å². The van der Waals surface area contributed by atoms with Crippen molar-refractivity contribution in [1.29, 1.82) is 0 Å². The molecule has 3 aliphatic rings. The SMILES string of the molecule is CC1(C#Cc2[nH]nc3nc(N4CCC5(CC4)COC[C@H]5N)n4ccnc4c23)CC1. The Morgan fingerprint density at radius 3 is 2.83 bits per heavy atom. The number of piperidine rings is 1. The summed E-state index contributed by atoms with van der Waals surface area (Å²) in [6.07, 6.45) is 8.15. The predicted octanol–water partition coefficient (Wildman–Crippen LogP) is 1.70. The van der Waals surface area contributed by atoms with Gasteiger partial charge in [0.05, 0.1) is 18.6 Å². The molecule has 3 aromatic rings. The molecule has 3 N–H and O–H groups in total. The molecule has 0 amide bonds. The fourth-order valence-corrected chi connectivity index (χ4v) is 4.60. The highest BCUT2D eigenvalue weighted by Crippen LogP contribution is 2.44. The summed E-state index contributed by atoms with van der Waals surface area (Å²) in [6.45, 7) is 5.45. The highest BCUT2D eigenvalue weighted by atomic mass is 16.5. The number of fused-ring (bicyclic) bond motifs is 3. The van der Waals surface area contributed by atoms with Crippen LogP contribution in [0.25, 0.3) is 16.7 Å². The molecule has 0 bridgehead atoms. The molecule has 0 aromatic carbocycles. The van der Waals surface area contributed by atoms with Gasteiger partial charge < -0.3 is 15.4 Å². The largest absolute Gasteiger partial charge is 0.379 e. The number of rotatable bonds is 1. The van der Waals surface area contributed by atoms with Crippen molar-refractivity contribution in [3.63, 3.8) is 0 Å². The molecule has 3 fully saturated rings. The van der Waals surface area contributed by atoms with Crippen LogP contribution in [0, 0.1) is 22.7 Å². The maximum atomic E-state index is 6.34. The number of H-pyrrole nitrogens is 1. The van der Waals surface area contributed by atoms with Crippen LogP contribution in [0.3, 0.4) is 0 Å². The summed E-state index contributed by atoms with van der Waals surface area (Å²) < 4.78 is 7.72. The summed E-state index contributed by atoms with van der Waals surface area (Å²) >= 11 is 0. The first kappa shape index (κ1) is 17.2. The molecular formula is C21H25N7O. The molecule has 29 heavy (non-hydrogen) atoms. The summed E-state index contributed by atoms with van der Waals surface area (Å²) in [5.41, 5.74) is 8.94. The summed E-state index contributed by atoms with van der Waals surface area (Å²) in [4.78, 5) is 11.8. The van der Waals surface area contributed by atoms with Gasteiger partial charge in [0.1, 0.15) is 5.69 Å². The molecule has 150 valence electrons. The molecular weight excluding hydrogens is 366 g/mol. The first-order chi connectivity index (χ1) is 14.1. The summed E-state index contributed by atoms with van der Waals surface area (Å²) in [5.74, 6) is 7.54. The standard InChI is InChI=1S/C21H25N7O/c1-20(4-5-20)3-2-14-16-17(26-25-14)24-19(28-11-8-23-18(16)28)27-9-6-21(7-10-27)13-29-12-15(21)22/h8,11,15H,4-7,9-10,12-13,22H2,1H3,(H,25,26)/t15-/m1/s1. The van der Waals surface area contributed by atoms with E-state index >= 15 is 0 Å². The van der Waals surface area contributed by atoms with Crippen molar-refractivity contribution in [2.45, 2.75) is 38.6 Å². The van der Waals surface area contributed by atoms with E-state index in [1.54, 1.807) is 0 Å². The van der Waals surface area contributed by atoms with Gasteiger partial charge in [0, 0.05) is 42.4 Å². The predicted molar refractivity (Wildman–Crippen MR) is 110 cm³/mol. The van der Waals surface area contributed by atoms with Crippen LogP contribution in [-0.2, 0) is 4.74 Å². The average Bonchev–Trinajstić information content (AvgIpc) is 3.08. The Hall–Kier alpha value is -2.63. The maximum absolute atomic E-state index is 6.34. The highest BCUT2D eigenvalue weighted by molar-refractivity contribution is 5.94. The molecule has 6 rings (SSSR count). The van der Waals surface area contributed by atoms with E-state index in [-0.39, 0.29) is 16.9 Å². The van der Waals surface area contributed by atoms with Crippen LogP contribution in [0.4, 0.5) is 5.95 Å². The van der Waals surface area contributed by atoms with Gasteiger partial charge >= 0.3 is 0 Å². The summed E-state index contributed by atoms with van der Waals surface area (Å²) in [7, 11) is 0. The van der Waals surface area contributed by atoms with Crippen molar-refractivity contribution in [3.05, 3.63) is 18.1 Å². The van der Waals surface area contributed by atoms with E-state index in [0.29, 0.717) is 12.3 Å². The number of aromatic nitrogens is 5. The third-order valence-electron chi connectivity index (χ3n) is 7.04. The number of hydrogen-bond donors (Lipinski definition) is 2. The van der Waals surface area contributed by atoms with Gasteiger partial charge in [0.15, 0.2) is 11.3 Å². The lowest BCUT2D eigenvalue weighted by atomic mass is 9.75. The Bertz CT molecular complexity index is 1150. The molecule has 1 saturated carbocycles. The van der Waals surface area contributed by atoms with Crippen LogP contribution in [-0.4, -0.2) is 56.9 Å². The number of aromatic amines is 1. The van der Waals surface area contributed by atoms with Crippen LogP contribution >= 0.6 is 0 Å². The first-order valence-electron chi connectivity index (χ1n) is 10.4. The molecule has 1 aliphatic carbocycles. The Morgan fingerprint density at radius 2 is 2.10 bits per heavy atom. The van der Waals surface area contributed by atoms with Crippen LogP contribution in [0.2, 0.25) is 0 Å². The number of imidazole rings is 1. The molecule has 0 radical (unpaired) electrons. The van der Waals surface area contributed by atoms with Gasteiger partial charge in [-0.3, -0.25) is 9.50 Å². The number of anilines is 1. The van der Waals surface area contributed by atoms with Crippen LogP contribution < -0.4 is 10.6 Å². The van der Waals surface area contributed by atoms with Crippen LogP contribution in [0.15, 0.2) is 12.4 Å². The van der Waals surface area contributed by atoms with Gasteiger partial charge in [-0.2, -0.15) is 10.1 Å². The highest BCUT2D eigenvalue weighted by Gasteiger charge is 2.44. The molecule has 5 heterocycles. The van der Waals surface area contributed by atoms with Crippen molar-refractivity contribution in [1.82, 2.24) is 24.6 Å². The van der Waals surface area contributed by atoms with Gasteiger partial charge in [-0.1, -0.05) is 5.92 Å². The van der Waals surface area contributed by atoms with Gasteiger partial charge in [0.2, 0.25) is 5.95 Å². The second kappa shape index (κ2) is 5.94. The van der Waals surface area contributed by atoms with E-state index in [0.717, 1.165) is 55.2 Å². The zero-order chi connectivity index (χ0) is 19.6. The number of nitrogens with one attached hydrogen (secondary N) is 1. The lowest BCUT2D eigenvalue weighted by Crippen LogP contribution is -2.49. The average molecular weight is 391 g/mol. The minimum Gasteiger partial charge on any atom is -0.379 e. The van der Waals surface area contributed by atoms with Crippen molar-refractivity contribution >= 4 is 22.6 Å². The van der Waals surface area contributed by atoms with Gasteiger partial charge in [0.25, 0.3) is 0 Å². The molecule has 1 atom stereocenters. The molecule has 1 spiro atoms. The van der Waals surface area contributed by atoms with E-state index in [2.05, 4.69) is 43.2 Å². The quantitative estimate of drug-likeness (QED) is 0.613. The molecule has 2 aliphatic heterocycles. The Labute approximate surface area is 168 Å². The first-order valence-corrected chi connectivity index (χ1v) is 10.4. The van der Waals surface area contributed by atoms with E-state index < -0.39 is 0 Å². The van der Waals surface area contributed by atoms with Gasteiger partial charge in [-0.15, -0.1) is 0 Å². The number of nitrogens with zero attached hydrogens (tertiary/aromatic N) is 5.